The van der Waals surface area contributed by atoms with Crippen LogP contribution in [0.1, 0.15) is 70.6 Å². The molecule has 2 aliphatic carbocycles. The van der Waals surface area contributed by atoms with Crippen LogP contribution in [0.3, 0.4) is 0 Å². The first-order chi connectivity index (χ1) is 10.3. The van der Waals surface area contributed by atoms with Crippen molar-refractivity contribution in [1.29, 1.82) is 0 Å². The fraction of sp³-hybridized carbons (Fsp3) is 0.941. The third-order valence-electron chi connectivity index (χ3n) is 5.18. The third-order valence-corrected chi connectivity index (χ3v) is 5.18. The summed E-state index contributed by atoms with van der Waals surface area (Å²) in [5, 5.41) is 6.50. The Kier molecular flexibility index (Phi) is 5.17. The number of nitrogens with one attached hydrogen (secondary N) is 2. The van der Waals surface area contributed by atoms with Crippen LogP contribution >= 0.6 is 0 Å². The van der Waals surface area contributed by atoms with Gasteiger partial charge in [0, 0.05) is 19.0 Å². The molecule has 0 aromatic carbocycles. The number of amides is 1. The lowest BCUT2D eigenvalue weighted by Gasteiger charge is -2.33. The van der Waals surface area contributed by atoms with Gasteiger partial charge in [0.1, 0.15) is 0 Å². The molecule has 1 atom stereocenters. The Labute approximate surface area is 128 Å². The minimum Gasteiger partial charge on any atom is -0.370 e. The first-order valence-electron chi connectivity index (χ1n) is 8.94. The van der Waals surface area contributed by atoms with Gasteiger partial charge in [0.15, 0.2) is 0 Å². The molecule has 3 fully saturated rings. The first-order valence-corrected chi connectivity index (χ1v) is 8.94. The molecule has 0 aromatic heterocycles. The van der Waals surface area contributed by atoms with E-state index in [1.54, 1.807) is 0 Å². The number of hydrogen-bond donors (Lipinski definition) is 2. The van der Waals surface area contributed by atoms with E-state index in [2.05, 4.69) is 10.6 Å². The average Bonchev–Trinajstić information content (AvgIpc) is 3.21. The van der Waals surface area contributed by atoms with Crippen molar-refractivity contribution in [2.24, 2.45) is 0 Å². The molecule has 1 unspecified atom stereocenters. The first kappa shape index (κ1) is 15.3. The van der Waals surface area contributed by atoms with E-state index in [4.69, 9.17) is 4.74 Å². The molecule has 0 aromatic rings. The van der Waals surface area contributed by atoms with E-state index in [0.717, 1.165) is 19.5 Å². The Morgan fingerprint density at radius 1 is 1.10 bits per heavy atom. The molecular weight excluding hydrogens is 264 g/mol. The monoisotopic (exact) mass is 294 g/mol. The van der Waals surface area contributed by atoms with Gasteiger partial charge in [-0.05, 0) is 51.5 Å². The topological polar surface area (TPSA) is 50.4 Å². The van der Waals surface area contributed by atoms with Crippen LogP contribution in [0.4, 0.5) is 0 Å². The lowest BCUT2D eigenvalue weighted by atomic mass is 9.83. The second-order valence-corrected chi connectivity index (χ2v) is 7.17. The zero-order valence-electron chi connectivity index (χ0n) is 13.2. The van der Waals surface area contributed by atoms with Crippen molar-refractivity contribution < 1.29 is 9.53 Å². The Hall–Kier alpha value is -0.610. The molecule has 3 aliphatic rings. The Balaban J connectivity index is 1.23. The summed E-state index contributed by atoms with van der Waals surface area (Å²) in [5.41, 5.74) is 0.231. The van der Waals surface area contributed by atoms with Crippen LogP contribution in [-0.4, -0.2) is 36.7 Å². The van der Waals surface area contributed by atoms with Gasteiger partial charge in [-0.1, -0.05) is 19.3 Å². The third kappa shape index (κ3) is 4.68. The smallest absolute Gasteiger partial charge is 0.220 e. The van der Waals surface area contributed by atoms with E-state index < -0.39 is 0 Å². The molecular formula is C17H30N2O2. The number of carbonyl (C=O) groups excluding carboxylic acids is 1. The van der Waals surface area contributed by atoms with Crippen molar-refractivity contribution >= 4 is 5.91 Å². The Bertz CT molecular complexity index is 349. The van der Waals surface area contributed by atoms with Crippen LogP contribution < -0.4 is 10.6 Å². The van der Waals surface area contributed by atoms with Crippen LogP contribution in [0.5, 0.6) is 0 Å². The minimum absolute atomic E-state index is 0.220. The summed E-state index contributed by atoms with van der Waals surface area (Å²) in [6.45, 7) is 1.87. The predicted octanol–water partition coefficient (Wildman–Crippen LogP) is 2.52. The quantitative estimate of drug-likeness (QED) is 0.709. The Morgan fingerprint density at radius 3 is 2.67 bits per heavy atom. The highest BCUT2D eigenvalue weighted by Crippen LogP contribution is 2.41. The summed E-state index contributed by atoms with van der Waals surface area (Å²) in [4.78, 5) is 11.6. The van der Waals surface area contributed by atoms with Crippen molar-refractivity contribution in [3.8, 4) is 0 Å². The number of hydrogen-bond acceptors (Lipinski definition) is 3. The zero-order valence-corrected chi connectivity index (χ0v) is 13.2. The van der Waals surface area contributed by atoms with E-state index in [-0.39, 0.29) is 11.5 Å². The van der Waals surface area contributed by atoms with Gasteiger partial charge in [-0.15, -0.1) is 0 Å². The molecule has 3 rings (SSSR count). The van der Waals surface area contributed by atoms with Crippen LogP contribution in [-0.2, 0) is 9.53 Å². The maximum Gasteiger partial charge on any atom is 0.220 e. The average molecular weight is 294 g/mol. The summed E-state index contributed by atoms with van der Waals surface area (Å²) in [6.07, 6.45) is 13.4. The van der Waals surface area contributed by atoms with Gasteiger partial charge in [-0.25, -0.2) is 0 Å². The highest BCUT2D eigenvalue weighted by Gasteiger charge is 2.40. The van der Waals surface area contributed by atoms with Crippen LogP contribution in [0.25, 0.3) is 0 Å². The molecule has 2 N–H and O–H groups in total. The SMILES string of the molecule is O=C(CCCNCC1CCC2(CCCCC2)O1)NC1CC1. The van der Waals surface area contributed by atoms with Gasteiger partial charge in [-0.3, -0.25) is 4.79 Å². The molecule has 4 heteroatoms. The fourth-order valence-electron chi connectivity index (χ4n) is 3.77. The molecule has 1 heterocycles. The normalized spacial score (nSPS) is 27.9. The largest absolute Gasteiger partial charge is 0.370 e. The van der Waals surface area contributed by atoms with Crippen molar-refractivity contribution in [2.45, 2.75) is 88.4 Å². The Morgan fingerprint density at radius 2 is 1.90 bits per heavy atom. The van der Waals surface area contributed by atoms with Crippen molar-refractivity contribution in [3.05, 3.63) is 0 Å². The van der Waals surface area contributed by atoms with Gasteiger partial charge < -0.3 is 15.4 Å². The van der Waals surface area contributed by atoms with Crippen LogP contribution in [0.15, 0.2) is 0 Å². The van der Waals surface area contributed by atoms with Crippen LogP contribution in [0, 0.1) is 0 Å². The number of ether oxygens (including phenoxy) is 1. The molecule has 0 bridgehead atoms. The highest BCUT2D eigenvalue weighted by atomic mass is 16.5. The van der Waals surface area contributed by atoms with Gasteiger partial charge in [0.25, 0.3) is 0 Å². The van der Waals surface area contributed by atoms with Crippen molar-refractivity contribution in [1.82, 2.24) is 10.6 Å². The van der Waals surface area contributed by atoms with E-state index in [9.17, 15) is 4.79 Å². The lowest BCUT2D eigenvalue weighted by Crippen LogP contribution is -2.35. The molecule has 1 aliphatic heterocycles. The van der Waals surface area contributed by atoms with Crippen molar-refractivity contribution in [3.63, 3.8) is 0 Å². The summed E-state index contributed by atoms with van der Waals surface area (Å²) < 4.78 is 6.34. The zero-order chi connectivity index (χ0) is 14.5. The molecule has 0 radical (unpaired) electrons. The minimum atomic E-state index is 0.220. The summed E-state index contributed by atoms with van der Waals surface area (Å²) in [5.74, 6) is 0.220. The molecule has 120 valence electrons. The molecule has 21 heavy (non-hydrogen) atoms. The predicted molar refractivity (Wildman–Crippen MR) is 83.2 cm³/mol. The summed E-state index contributed by atoms with van der Waals surface area (Å²) in [6, 6.07) is 0.490. The highest BCUT2D eigenvalue weighted by molar-refractivity contribution is 5.76. The van der Waals surface area contributed by atoms with E-state index in [1.807, 2.05) is 0 Å². The maximum absolute atomic E-state index is 11.6. The van der Waals surface area contributed by atoms with Gasteiger partial charge in [-0.2, -0.15) is 0 Å². The van der Waals surface area contributed by atoms with Crippen molar-refractivity contribution in [2.75, 3.05) is 13.1 Å². The molecule has 4 nitrogen and oxygen atoms in total. The maximum atomic E-state index is 11.6. The van der Waals surface area contributed by atoms with E-state index in [0.29, 0.717) is 18.6 Å². The lowest BCUT2D eigenvalue weighted by molar-refractivity contribution is -0.121. The molecule has 1 spiro atoms. The fourth-order valence-corrected chi connectivity index (χ4v) is 3.77. The van der Waals surface area contributed by atoms with Gasteiger partial charge in [0.05, 0.1) is 11.7 Å². The summed E-state index contributed by atoms with van der Waals surface area (Å²) in [7, 11) is 0. The molecule has 2 saturated carbocycles. The van der Waals surface area contributed by atoms with E-state index in [1.165, 1.54) is 57.8 Å². The molecule has 1 saturated heterocycles. The molecule has 1 amide bonds. The standard InChI is InChI=1S/C17H30N2O2/c20-16(19-14-6-7-14)5-4-12-18-13-15-8-11-17(21-15)9-2-1-3-10-17/h14-15,18H,1-13H2,(H,19,20). The van der Waals surface area contributed by atoms with E-state index >= 15 is 0 Å². The number of rotatable bonds is 7. The summed E-state index contributed by atoms with van der Waals surface area (Å²) >= 11 is 0. The van der Waals surface area contributed by atoms with Gasteiger partial charge in [0.2, 0.25) is 5.91 Å². The second-order valence-electron chi connectivity index (χ2n) is 7.17. The van der Waals surface area contributed by atoms with Crippen LogP contribution in [0.2, 0.25) is 0 Å². The second kappa shape index (κ2) is 7.10. The van der Waals surface area contributed by atoms with Gasteiger partial charge >= 0.3 is 0 Å². The number of carbonyl (C=O) groups is 1.